The van der Waals surface area contributed by atoms with Gasteiger partial charge in [0.15, 0.2) is 0 Å². The Morgan fingerprint density at radius 2 is 1.79 bits per heavy atom. The van der Waals surface area contributed by atoms with Crippen LogP contribution in [0.2, 0.25) is 0 Å². The van der Waals surface area contributed by atoms with Gasteiger partial charge >= 0.3 is 0 Å². The molecular formula is C41H49N7O4S. The molecule has 1 aliphatic carbocycles. The van der Waals surface area contributed by atoms with Crippen LogP contribution in [0.5, 0.6) is 5.75 Å². The summed E-state index contributed by atoms with van der Waals surface area (Å²) in [4.78, 5) is 32.7. The number of fused-ring (bicyclic) bond motifs is 6. The number of hydrogen-bond donors (Lipinski definition) is 1. The summed E-state index contributed by atoms with van der Waals surface area (Å²) in [6.07, 6.45) is 12.3. The number of rotatable bonds is 7. The lowest BCUT2D eigenvalue weighted by Gasteiger charge is -2.37. The second-order valence-corrected chi connectivity index (χ2v) is 16.1. The van der Waals surface area contributed by atoms with Crippen LogP contribution < -0.4 is 9.46 Å². The average Bonchev–Trinajstić information content (AvgIpc) is 3.89. The summed E-state index contributed by atoms with van der Waals surface area (Å²) in [6, 6.07) is 13.0. The first-order valence-electron chi connectivity index (χ1n) is 19.4. The minimum atomic E-state index is -0.116. The third kappa shape index (κ3) is 6.47. The molecule has 12 heteroatoms. The van der Waals surface area contributed by atoms with Gasteiger partial charge in [-0.2, -0.15) is 5.10 Å². The number of ether oxygens (including phenoxy) is 2. The summed E-state index contributed by atoms with van der Waals surface area (Å²) in [5, 5.41) is 5.90. The van der Waals surface area contributed by atoms with E-state index in [1.807, 2.05) is 28.8 Å². The lowest BCUT2D eigenvalue weighted by Crippen LogP contribution is -2.52. The summed E-state index contributed by atoms with van der Waals surface area (Å²) in [5.74, 6) is 1.14. The Labute approximate surface area is 315 Å². The molecule has 5 aliphatic rings. The van der Waals surface area contributed by atoms with E-state index in [9.17, 15) is 9.59 Å². The van der Waals surface area contributed by atoms with Crippen LogP contribution >= 0.6 is 12.1 Å². The first-order valence-corrected chi connectivity index (χ1v) is 20.1. The SMILES string of the molecule is COc1ccc2c(c1)C=C(c1c(C(=O)N3CCN4CCCC4C3)cnn1C)Cn1c-2c(C2CCCCC2)c2ccc(C(=O)NSN3CCOCC3)cc21. The fourth-order valence-corrected chi connectivity index (χ4v) is 10.1. The lowest BCUT2D eigenvalue weighted by atomic mass is 9.81. The highest BCUT2D eigenvalue weighted by atomic mass is 32.2. The number of aromatic nitrogens is 3. The molecule has 53 heavy (non-hydrogen) atoms. The summed E-state index contributed by atoms with van der Waals surface area (Å²) in [5.41, 5.74) is 8.90. The number of allylic oxidation sites excluding steroid dienone is 1. The van der Waals surface area contributed by atoms with Crippen LogP contribution in [0.3, 0.4) is 0 Å². The second kappa shape index (κ2) is 14.6. The third-order valence-electron chi connectivity index (χ3n) is 12.1. The van der Waals surface area contributed by atoms with E-state index in [0.29, 0.717) is 42.8 Å². The van der Waals surface area contributed by atoms with Crippen molar-refractivity contribution >= 4 is 46.5 Å². The molecule has 0 spiro atoms. The van der Waals surface area contributed by atoms with Crippen LogP contribution in [0.4, 0.5) is 0 Å². The number of nitrogens with zero attached hydrogens (tertiary/aromatic N) is 6. The highest BCUT2D eigenvalue weighted by Gasteiger charge is 2.36. The van der Waals surface area contributed by atoms with Crippen molar-refractivity contribution in [3.63, 3.8) is 0 Å². The minimum Gasteiger partial charge on any atom is -0.497 e. The van der Waals surface area contributed by atoms with E-state index < -0.39 is 0 Å². The third-order valence-corrected chi connectivity index (χ3v) is 13.0. The van der Waals surface area contributed by atoms with Gasteiger partial charge in [0.2, 0.25) is 0 Å². The van der Waals surface area contributed by atoms with Crippen LogP contribution in [0.25, 0.3) is 33.8 Å². The van der Waals surface area contributed by atoms with Gasteiger partial charge in [0.05, 0.1) is 50.0 Å². The van der Waals surface area contributed by atoms with Crippen LogP contribution in [-0.2, 0) is 18.3 Å². The summed E-state index contributed by atoms with van der Waals surface area (Å²) >= 11 is 1.36. The van der Waals surface area contributed by atoms with Gasteiger partial charge in [0.25, 0.3) is 11.8 Å². The highest BCUT2D eigenvalue weighted by Crippen LogP contribution is 2.48. The van der Waals surface area contributed by atoms with E-state index in [0.717, 1.165) is 92.2 Å². The molecule has 4 aliphatic heterocycles. The predicted molar refractivity (Wildman–Crippen MR) is 209 cm³/mol. The molecule has 3 saturated heterocycles. The van der Waals surface area contributed by atoms with E-state index >= 15 is 0 Å². The van der Waals surface area contributed by atoms with Crippen LogP contribution in [0, 0.1) is 0 Å². The van der Waals surface area contributed by atoms with Gasteiger partial charge in [0, 0.05) is 80.0 Å². The number of methoxy groups -OCH3 is 1. The predicted octanol–water partition coefficient (Wildman–Crippen LogP) is 6.20. The Morgan fingerprint density at radius 3 is 2.62 bits per heavy atom. The van der Waals surface area contributed by atoms with E-state index in [4.69, 9.17) is 14.6 Å². The van der Waals surface area contributed by atoms with Crippen molar-refractivity contribution in [2.75, 3.05) is 59.6 Å². The van der Waals surface area contributed by atoms with Gasteiger partial charge in [-0.15, -0.1) is 0 Å². The molecule has 9 rings (SSSR count). The molecule has 2 aromatic carbocycles. The van der Waals surface area contributed by atoms with E-state index in [2.05, 4.69) is 48.8 Å². The van der Waals surface area contributed by atoms with E-state index in [-0.39, 0.29) is 11.8 Å². The number of aryl methyl sites for hydroxylation is 1. The number of piperazine rings is 1. The molecule has 4 fully saturated rings. The van der Waals surface area contributed by atoms with Crippen molar-refractivity contribution in [3.8, 4) is 17.0 Å². The van der Waals surface area contributed by atoms with E-state index in [1.165, 1.54) is 54.5 Å². The Kier molecular flexibility index (Phi) is 9.56. The minimum absolute atomic E-state index is 0.0490. The molecule has 4 aromatic rings. The largest absolute Gasteiger partial charge is 0.497 e. The van der Waals surface area contributed by atoms with Crippen molar-refractivity contribution < 1.29 is 19.1 Å². The molecule has 278 valence electrons. The molecule has 2 aromatic heterocycles. The van der Waals surface area contributed by atoms with Crippen molar-refractivity contribution in [1.29, 1.82) is 0 Å². The Bertz CT molecular complexity index is 2080. The van der Waals surface area contributed by atoms with Gasteiger partial charge in [-0.1, -0.05) is 25.3 Å². The second-order valence-electron chi connectivity index (χ2n) is 15.2. The smallest absolute Gasteiger partial charge is 0.262 e. The maximum absolute atomic E-state index is 14.4. The van der Waals surface area contributed by atoms with Crippen LogP contribution in [-0.4, -0.2) is 106 Å². The summed E-state index contributed by atoms with van der Waals surface area (Å²) in [7, 11) is 3.65. The number of benzene rings is 2. The highest BCUT2D eigenvalue weighted by molar-refractivity contribution is 7.95. The van der Waals surface area contributed by atoms with Crippen molar-refractivity contribution in [1.82, 2.24) is 33.2 Å². The first kappa shape index (κ1) is 34.7. The van der Waals surface area contributed by atoms with Crippen LogP contribution in [0.15, 0.2) is 42.6 Å². The van der Waals surface area contributed by atoms with Gasteiger partial charge in [-0.05, 0) is 91.3 Å². The standard InChI is InChI=1S/C41H49N7O4S/c1-44-38(35(24-42-44)41(50)46-16-15-45-14-6-9-31(45)26-46)30-21-29-22-32(51-2)11-13-33(29)39-37(27-7-4-3-5-8-27)34-12-10-28(23-36(34)48(39)25-30)40(49)43-53-47-17-19-52-20-18-47/h10-13,21-24,27,31H,3-9,14-20,25-26H2,1-2H3,(H,43,49). The van der Waals surface area contributed by atoms with Crippen molar-refractivity contribution in [2.24, 2.45) is 7.05 Å². The molecule has 1 unspecified atom stereocenters. The van der Waals surface area contributed by atoms with Crippen LogP contribution in [0.1, 0.15) is 88.4 Å². The Balaban J connectivity index is 1.16. The quantitative estimate of drug-likeness (QED) is 0.225. The topological polar surface area (TPSA) is 97.1 Å². The van der Waals surface area contributed by atoms with Gasteiger partial charge in [-0.3, -0.25) is 23.9 Å². The normalized spacial score (nSPS) is 21.1. The lowest BCUT2D eigenvalue weighted by molar-refractivity contribution is 0.0571. The Morgan fingerprint density at radius 1 is 0.943 bits per heavy atom. The van der Waals surface area contributed by atoms with Gasteiger partial charge in [0.1, 0.15) is 5.75 Å². The number of morpholine rings is 1. The first-order chi connectivity index (χ1) is 26.0. The zero-order valence-electron chi connectivity index (χ0n) is 30.8. The molecule has 2 amide bonds. The zero-order valence-corrected chi connectivity index (χ0v) is 31.6. The maximum atomic E-state index is 14.4. The molecule has 1 saturated carbocycles. The fourth-order valence-electron chi connectivity index (χ4n) is 9.45. The van der Waals surface area contributed by atoms with Gasteiger partial charge in [-0.25, -0.2) is 4.31 Å². The number of amides is 2. The molecule has 11 nitrogen and oxygen atoms in total. The fraction of sp³-hybridized carbons (Fsp3) is 0.488. The summed E-state index contributed by atoms with van der Waals surface area (Å²) in [6.45, 7) is 6.95. The summed E-state index contributed by atoms with van der Waals surface area (Å²) < 4.78 is 20.8. The molecule has 0 radical (unpaired) electrons. The monoisotopic (exact) mass is 735 g/mol. The molecular weight excluding hydrogens is 687 g/mol. The number of carbonyl (C=O) groups is 2. The molecule has 6 heterocycles. The average molecular weight is 736 g/mol. The molecule has 1 atom stereocenters. The van der Waals surface area contributed by atoms with Crippen molar-refractivity contribution in [3.05, 3.63) is 70.5 Å². The maximum Gasteiger partial charge on any atom is 0.262 e. The van der Waals surface area contributed by atoms with Gasteiger partial charge < -0.3 is 18.9 Å². The molecule has 1 N–H and O–H groups in total. The van der Waals surface area contributed by atoms with E-state index in [1.54, 1.807) is 13.3 Å². The Hall–Kier alpha value is -4.10. The van der Waals surface area contributed by atoms with Crippen molar-refractivity contribution in [2.45, 2.75) is 63.5 Å². The molecule has 0 bridgehead atoms. The zero-order chi connectivity index (χ0) is 36.1. The number of carbonyl (C=O) groups excluding carboxylic acids is 2. The number of hydrogen-bond acceptors (Lipinski definition) is 8. The number of nitrogens with one attached hydrogen (secondary N) is 1.